The second-order valence-corrected chi connectivity index (χ2v) is 7.96. The van der Waals surface area contributed by atoms with E-state index in [1.54, 1.807) is 0 Å². The van der Waals surface area contributed by atoms with Crippen molar-refractivity contribution in [1.82, 2.24) is 10.2 Å². The SMILES string of the molecule is CC1CN(C(CN)C(C)NC(=O)OC(C)(C)C)CCS1. The fourth-order valence-electron chi connectivity index (χ4n) is 2.41. The predicted molar refractivity (Wildman–Crippen MR) is 85.2 cm³/mol. The highest BCUT2D eigenvalue weighted by Crippen LogP contribution is 2.20. The van der Waals surface area contributed by atoms with Gasteiger partial charge in [0.15, 0.2) is 0 Å². The molecular weight excluding hydrogens is 274 g/mol. The van der Waals surface area contributed by atoms with Crippen LogP contribution in [-0.4, -0.2) is 59.3 Å². The van der Waals surface area contributed by atoms with E-state index in [9.17, 15) is 4.79 Å². The summed E-state index contributed by atoms with van der Waals surface area (Å²) in [7, 11) is 0. The molecule has 0 aliphatic carbocycles. The first-order chi connectivity index (χ1) is 9.23. The van der Waals surface area contributed by atoms with Gasteiger partial charge in [0.05, 0.1) is 0 Å². The number of nitrogens with two attached hydrogens (primary N) is 1. The van der Waals surface area contributed by atoms with Crippen LogP contribution in [0.1, 0.15) is 34.6 Å². The summed E-state index contributed by atoms with van der Waals surface area (Å²) in [4.78, 5) is 14.2. The molecule has 0 aromatic rings. The molecule has 118 valence electrons. The molecule has 0 aromatic carbocycles. The molecule has 1 saturated heterocycles. The van der Waals surface area contributed by atoms with E-state index in [4.69, 9.17) is 10.5 Å². The van der Waals surface area contributed by atoms with E-state index >= 15 is 0 Å². The third-order valence-electron chi connectivity index (χ3n) is 3.30. The first kappa shape index (κ1) is 17.6. The maximum absolute atomic E-state index is 11.8. The van der Waals surface area contributed by atoms with Crippen LogP contribution in [0.15, 0.2) is 0 Å². The number of hydrogen-bond donors (Lipinski definition) is 2. The molecule has 0 saturated carbocycles. The Morgan fingerprint density at radius 3 is 2.70 bits per heavy atom. The normalized spacial score (nSPS) is 24.0. The summed E-state index contributed by atoms with van der Waals surface area (Å²) in [6.45, 7) is 12.4. The van der Waals surface area contributed by atoms with E-state index in [0.717, 1.165) is 18.8 Å². The van der Waals surface area contributed by atoms with E-state index in [1.807, 2.05) is 39.5 Å². The maximum atomic E-state index is 11.8. The van der Waals surface area contributed by atoms with Gasteiger partial charge < -0.3 is 15.8 Å². The molecule has 0 aromatic heterocycles. The van der Waals surface area contributed by atoms with E-state index in [-0.39, 0.29) is 18.2 Å². The van der Waals surface area contributed by atoms with Gasteiger partial charge in [-0.05, 0) is 27.7 Å². The smallest absolute Gasteiger partial charge is 0.407 e. The first-order valence-corrected chi connectivity index (χ1v) is 8.33. The lowest BCUT2D eigenvalue weighted by atomic mass is 10.1. The molecule has 3 atom stereocenters. The molecule has 1 rings (SSSR count). The second-order valence-electron chi connectivity index (χ2n) is 6.41. The lowest BCUT2D eigenvalue weighted by molar-refractivity contribution is 0.0471. The van der Waals surface area contributed by atoms with Crippen molar-refractivity contribution in [3.05, 3.63) is 0 Å². The van der Waals surface area contributed by atoms with Gasteiger partial charge in [0, 0.05) is 42.7 Å². The molecule has 1 aliphatic rings. The molecule has 20 heavy (non-hydrogen) atoms. The average Bonchev–Trinajstić information content (AvgIpc) is 2.26. The molecule has 3 unspecified atom stereocenters. The van der Waals surface area contributed by atoms with Crippen molar-refractivity contribution in [3.8, 4) is 0 Å². The third kappa shape index (κ3) is 5.89. The quantitative estimate of drug-likeness (QED) is 0.827. The summed E-state index contributed by atoms with van der Waals surface area (Å²) >= 11 is 1.99. The number of rotatable bonds is 4. The van der Waals surface area contributed by atoms with Gasteiger partial charge in [0.25, 0.3) is 0 Å². The molecule has 6 heteroatoms. The maximum Gasteiger partial charge on any atom is 0.407 e. The number of ether oxygens (including phenoxy) is 1. The van der Waals surface area contributed by atoms with Gasteiger partial charge in [-0.25, -0.2) is 4.79 Å². The lowest BCUT2D eigenvalue weighted by Crippen LogP contribution is -2.57. The van der Waals surface area contributed by atoms with Crippen molar-refractivity contribution in [2.24, 2.45) is 5.73 Å². The molecule has 3 N–H and O–H groups in total. The Morgan fingerprint density at radius 1 is 1.55 bits per heavy atom. The van der Waals surface area contributed by atoms with Gasteiger partial charge in [0.2, 0.25) is 0 Å². The van der Waals surface area contributed by atoms with Crippen molar-refractivity contribution < 1.29 is 9.53 Å². The van der Waals surface area contributed by atoms with Crippen molar-refractivity contribution in [1.29, 1.82) is 0 Å². The standard InChI is InChI=1S/C14H29N3O2S/c1-10-9-17(6-7-20-10)12(8-15)11(2)16-13(18)19-14(3,4)5/h10-12H,6-9,15H2,1-5H3,(H,16,18). The Morgan fingerprint density at radius 2 is 2.20 bits per heavy atom. The second kappa shape index (κ2) is 7.52. The van der Waals surface area contributed by atoms with Crippen LogP contribution in [0, 0.1) is 0 Å². The molecular formula is C14H29N3O2S. The average molecular weight is 303 g/mol. The summed E-state index contributed by atoms with van der Waals surface area (Å²) in [6, 6.07) is 0.135. The molecule has 1 aliphatic heterocycles. The number of hydrogen-bond acceptors (Lipinski definition) is 5. The number of carbonyl (C=O) groups excluding carboxylic acids is 1. The minimum Gasteiger partial charge on any atom is -0.444 e. The Labute approximate surface area is 127 Å². The molecule has 1 heterocycles. The highest BCUT2D eigenvalue weighted by atomic mass is 32.2. The molecule has 1 fully saturated rings. The zero-order valence-corrected chi connectivity index (χ0v) is 14.1. The van der Waals surface area contributed by atoms with Crippen LogP contribution < -0.4 is 11.1 Å². The van der Waals surface area contributed by atoms with E-state index in [1.165, 1.54) is 0 Å². The van der Waals surface area contributed by atoms with Crippen LogP contribution in [0.3, 0.4) is 0 Å². The van der Waals surface area contributed by atoms with Crippen LogP contribution in [0.5, 0.6) is 0 Å². The Bertz CT molecular complexity index is 320. The highest BCUT2D eigenvalue weighted by Gasteiger charge is 2.29. The van der Waals surface area contributed by atoms with Gasteiger partial charge in [0.1, 0.15) is 5.60 Å². The number of alkyl carbamates (subject to hydrolysis) is 1. The Balaban J connectivity index is 2.54. The monoisotopic (exact) mass is 303 g/mol. The minimum absolute atomic E-state index is 0.0230. The first-order valence-electron chi connectivity index (χ1n) is 7.28. The molecule has 5 nitrogen and oxygen atoms in total. The Hall–Kier alpha value is -0.460. The van der Waals surface area contributed by atoms with Crippen molar-refractivity contribution in [2.75, 3.05) is 25.4 Å². The highest BCUT2D eigenvalue weighted by molar-refractivity contribution is 7.99. The van der Waals surface area contributed by atoms with Gasteiger partial charge in [-0.15, -0.1) is 0 Å². The zero-order chi connectivity index (χ0) is 15.3. The topological polar surface area (TPSA) is 67.6 Å². The molecule has 0 bridgehead atoms. The van der Waals surface area contributed by atoms with E-state index in [2.05, 4.69) is 17.1 Å². The number of nitrogens with one attached hydrogen (secondary N) is 1. The van der Waals surface area contributed by atoms with Crippen LogP contribution in [0.4, 0.5) is 4.79 Å². The van der Waals surface area contributed by atoms with Gasteiger partial charge in [-0.1, -0.05) is 6.92 Å². The summed E-state index contributed by atoms with van der Waals surface area (Å²) in [5, 5.41) is 3.53. The van der Waals surface area contributed by atoms with Gasteiger partial charge in [-0.2, -0.15) is 11.8 Å². The fraction of sp³-hybridized carbons (Fsp3) is 0.929. The van der Waals surface area contributed by atoms with Crippen LogP contribution >= 0.6 is 11.8 Å². The number of carbonyl (C=O) groups is 1. The molecule has 1 amide bonds. The summed E-state index contributed by atoms with van der Waals surface area (Å²) in [5.74, 6) is 1.12. The van der Waals surface area contributed by atoms with Gasteiger partial charge in [-0.3, -0.25) is 4.90 Å². The largest absolute Gasteiger partial charge is 0.444 e. The minimum atomic E-state index is -0.474. The van der Waals surface area contributed by atoms with Crippen molar-refractivity contribution in [3.63, 3.8) is 0 Å². The molecule has 0 radical (unpaired) electrons. The number of thioether (sulfide) groups is 1. The summed E-state index contributed by atoms with van der Waals surface area (Å²) in [6.07, 6.45) is -0.372. The van der Waals surface area contributed by atoms with Crippen LogP contribution in [-0.2, 0) is 4.74 Å². The van der Waals surface area contributed by atoms with Crippen LogP contribution in [0.2, 0.25) is 0 Å². The van der Waals surface area contributed by atoms with Crippen molar-refractivity contribution in [2.45, 2.75) is 57.6 Å². The third-order valence-corrected chi connectivity index (χ3v) is 4.44. The van der Waals surface area contributed by atoms with E-state index < -0.39 is 5.60 Å². The van der Waals surface area contributed by atoms with Crippen molar-refractivity contribution >= 4 is 17.9 Å². The van der Waals surface area contributed by atoms with Crippen LogP contribution in [0.25, 0.3) is 0 Å². The Kier molecular flexibility index (Phi) is 6.61. The predicted octanol–water partition coefficient (Wildman–Crippen LogP) is 1.66. The number of amides is 1. The zero-order valence-electron chi connectivity index (χ0n) is 13.3. The fourth-order valence-corrected chi connectivity index (χ4v) is 3.44. The van der Waals surface area contributed by atoms with Gasteiger partial charge >= 0.3 is 6.09 Å². The summed E-state index contributed by atoms with van der Waals surface area (Å²) in [5.41, 5.74) is 5.44. The number of nitrogens with zero attached hydrogens (tertiary/aromatic N) is 1. The molecule has 0 spiro atoms. The lowest BCUT2D eigenvalue weighted by Gasteiger charge is -2.39. The summed E-state index contributed by atoms with van der Waals surface area (Å²) < 4.78 is 5.30. The van der Waals surface area contributed by atoms with E-state index in [0.29, 0.717) is 11.8 Å².